The van der Waals surface area contributed by atoms with Gasteiger partial charge in [0.25, 0.3) is 0 Å². The van der Waals surface area contributed by atoms with E-state index in [0.717, 1.165) is 43.4 Å². The Hall–Kier alpha value is -1.90. The summed E-state index contributed by atoms with van der Waals surface area (Å²) in [4.78, 5) is 38.0. The molecule has 2 atom stereocenters. The first-order chi connectivity index (χ1) is 10.6. The van der Waals surface area contributed by atoms with Crippen molar-refractivity contribution in [1.29, 1.82) is 5.26 Å². The minimum Gasteiger partial charge on any atom is -0.336 e. The molecule has 3 amide bonds. The summed E-state index contributed by atoms with van der Waals surface area (Å²) in [5.74, 6) is -1.27. The van der Waals surface area contributed by atoms with Gasteiger partial charge < -0.3 is 5.32 Å². The smallest absolute Gasteiger partial charge is 0.241 e. The first-order valence-corrected chi connectivity index (χ1v) is 8.14. The second-order valence-corrected chi connectivity index (χ2v) is 6.71. The monoisotopic (exact) mass is 303 g/mol. The van der Waals surface area contributed by atoms with Gasteiger partial charge in [-0.3, -0.25) is 19.3 Å². The van der Waals surface area contributed by atoms with E-state index in [1.807, 2.05) is 0 Å². The molecule has 1 heterocycles. The molecule has 22 heavy (non-hydrogen) atoms. The van der Waals surface area contributed by atoms with Crippen molar-refractivity contribution in [3.63, 3.8) is 0 Å². The van der Waals surface area contributed by atoms with Gasteiger partial charge in [0.1, 0.15) is 12.1 Å². The fraction of sp³-hybridized carbons (Fsp3) is 0.750. The Morgan fingerprint density at radius 2 is 1.68 bits per heavy atom. The van der Waals surface area contributed by atoms with Crippen LogP contribution in [-0.2, 0) is 14.4 Å². The topological polar surface area (TPSA) is 90.3 Å². The molecule has 0 aromatic heterocycles. The predicted molar refractivity (Wildman–Crippen MR) is 77.1 cm³/mol. The quantitative estimate of drug-likeness (QED) is 0.791. The van der Waals surface area contributed by atoms with Crippen molar-refractivity contribution in [2.75, 3.05) is 6.54 Å². The molecule has 1 N–H and O–H groups in total. The third-order valence-electron chi connectivity index (χ3n) is 5.28. The SMILES string of the molecule is N#CC1(NC(=O)CN2C(=O)[C@H]3CCCC[C@H]3C2=O)CCCC1. The normalized spacial score (nSPS) is 30.0. The standard InChI is InChI=1S/C16H21N3O3/c17-10-16(7-3-4-8-16)18-13(20)9-19-14(21)11-5-1-2-6-12(11)15(19)22/h11-12H,1-9H2,(H,18,20)/t11-,12+. The molecule has 6 nitrogen and oxygen atoms in total. The van der Waals surface area contributed by atoms with Crippen LogP contribution in [0.15, 0.2) is 0 Å². The summed E-state index contributed by atoms with van der Waals surface area (Å²) >= 11 is 0. The first kappa shape index (κ1) is 15.0. The van der Waals surface area contributed by atoms with Crippen molar-refractivity contribution in [3.05, 3.63) is 0 Å². The summed E-state index contributed by atoms with van der Waals surface area (Å²) < 4.78 is 0. The number of carbonyl (C=O) groups is 3. The average Bonchev–Trinajstić information content (AvgIpc) is 3.08. The number of likely N-dealkylation sites (tertiary alicyclic amines) is 1. The number of fused-ring (bicyclic) bond motifs is 1. The van der Waals surface area contributed by atoms with E-state index in [1.54, 1.807) is 0 Å². The maximum absolute atomic E-state index is 12.3. The predicted octanol–water partition coefficient (Wildman–Crippen LogP) is 1.11. The zero-order chi connectivity index (χ0) is 15.7. The third-order valence-corrected chi connectivity index (χ3v) is 5.28. The van der Waals surface area contributed by atoms with E-state index < -0.39 is 11.4 Å². The number of hydrogen-bond donors (Lipinski definition) is 1. The Balaban J connectivity index is 1.65. The number of rotatable bonds is 3. The molecule has 2 saturated carbocycles. The molecule has 3 fully saturated rings. The van der Waals surface area contributed by atoms with E-state index in [0.29, 0.717) is 12.8 Å². The molecule has 0 unspecified atom stereocenters. The second kappa shape index (κ2) is 5.71. The van der Waals surface area contributed by atoms with Gasteiger partial charge in [-0.15, -0.1) is 0 Å². The van der Waals surface area contributed by atoms with Gasteiger partial charge in [0, 0.05) is 0 Å². The molecule has 1 aliphatic heterocycles. The Morgan fingerprint density at radius 3 is 2.18 bits per heavy atom. The molecule has 0 radical (unpaired) electrons. The number of nitrogens with one attached hydrogen (secondary N) is 1. The van der Waals surface area contributed by atoms with Crippen LogP contribution >= 0.6 is 0 Å². The molecule has 0 aromatic carbocycles. The van der Waals surface area contributed by atoms with E-state index in [4.69, 9.17) is 0 Å². The van der Waals surface area contributed by atoms with Crippen LogP contribution in [0.3, 0.4) is 0 Å². The molecular formula is C16H21N3O3. The van der Waals surface area contributed by atoms with Crippen LogP contribution in [0.4, 0.5) is 0 Å². The lowest BCUT2D eigenvalue weighted by Crippen LogP contribution is -2.50. The van der Waals surface area contributed by atoms with Crippen LogP contribution in [0.5, 0.6) is 0 Å². The fourth-order valence-electron chi connectivity index (χ4n) is 4.08. The van der Waals surface area contributed by atoms with Crippen LogP contribution < -0.4 is 5.32 Å². The number of imide groups is 1. The highest BCUT2D eigenvalue weighted by molar-refractivity contribution is 6.07. The lowest BCUT2D eigenvalue weighted by Gasteiger charge is -2.23. The van der Waals surface area contributed by atoms with Crippen molar-refractivity contribution < 1.29 is 14.4 Å². The summed E-state index contributed by atoms with van der Waals surface area (Å²) in [5.41, 5.74) is -0.810. The molecule has 0 aromatic rings. The minimum atomic E-state index is -0.810. The highest BCUT2D eigenvalue weighted by atomic mass is 16.2. The summed E-state index contributed by atoms with van der Waals surface area (Å²) in [5, 5.41) is 12.0. The lowest BCUT2D eigenvalue weighted by atomic mass is 9.81. The van der Waals surface area contributed by atoms with Crippen LogP contribution in [0.2, 0.25) is 0 Å². The van der Waals surface area contributed by atoms with E-state index in [2.05, 4.69) is 11.4 Å². The highest BCUT2D eigenvalue weighted by Gasteiger charge is 2.49. The number of nitriles is 1. The second-order valence-electron chi connectivity index (χ2n) is 6.71. The Kier molecular flexibility index (Phi) is 3.90. The fourth-order valence-corrected chi connectivity index (χ4v) is 4.08. The number of amides is 3. The molecule has 2 aliphatic carbocycles. The van der Waals surface area contributed by atoms with E-state index in [9.17, 15) is 19.6 Å². The molecule has 3 aliphatic rings. The number of hydrogen-bond acceptors (Lipinski definition) is 4. The minimum absolute atomic E-state index is 0.206. The van der Waals surface area contributed by atoms with Crippen molar-refractivity contribution in [2.45, 2.75) is 56.9 Å². The summed E-state index contributed by atoms with van der Waals surface area (Å²) in [7, 11) is 0. The van der Waals surface area contributed by atoms with E-state index >= 15 is 0 Å². The Morgan fingerprint density at radius 1 is 1.14 bits per heavy atom. The van der Waals surface area contributed by atoms with Crippen molar-refractivity contribution in [1.82, 2.24) is 10.2 Å². The van der Waals surface area contributed by atoms with Gasteiger partial charge >= 0.3 is 0 Å². The van der Waals surface area contributed by atoms with Gasteiger partial charge in [0.2, 0.25) is 17.7 Å². The van der Waals surface area contributed by atoms with Crippen molar-refractivity contribution in [3.8, 4) is 6.07 Å². The molecular weight excluding hydrogens is 282 g/mol. The van der Waals surface area contributed by atoms with Gasteiger partial charge in [0.05, 0.1) is 17.9 Å². The van der Waals surface area contributed by atoms with Gasteiger partial charge in [-0.2, -0.15) is 5.26 Å². The first-order valence-electron chi connectivity index (χ1n) is 8.14. The van der Waals surface area contributed by atoms with Gasteiger partial charge in [-0.1, -0.05) is 12.8 Å². The molecule has 6 heteroatoms. The summed E-state index contributed by atoms with van der Waals surface area (Å²) in [6.07, 6.45) is 6.55. The zero-order valence-electron chi connectivity index (χ0n) is 12.6. The maximum Gasteiger partial charge on any atom is 0.241 e. The molecule has 0 bridgehead atoms. The van der Waals surface area contributed by atoms with Crippen LogP contribution in [0.25, 0.3) is 0 Å². The van der Waals surface area contributed by atoms with Gasteiger partial charge in [0.15, 0.2) is 0 Å². The van der Waals surface area contributed by atoms with Gasteiger partial charge in [-0.25, -0.2) is 0 Å². The molecule has 118 valence electrons. The zero-order valence-corrected chi connectivity index (χ0v) is 12.6. The Bertz CT molecular complexity index is 521. The molecule has 1 saturated heterocycles. The Labute approximate surface area is 129 Å². The third kappa shape index (κ3) is 2.49. The summed E-state index contributed by atoms with van der Waals surface area (Å²) in [6.45, 7) is -0.242. The average molecular weight is 303 g/mol. The van der Waals surface area contributed by atoms with Gasteiger partial charge in [-0.05, 0) is 38.5 Å². The lowest BCUT2D eigenvalue weighted by molar-refractivity contribution is -0.144. The van der Waals surface area contributed by atoms with Crippen molar-refractivity contribution >= 4 is 17.7 Å². The molecule has 0 spiro atoms. The molecule has 3 rings (SSSR count). The van der Waals surface area contributed by atoms with Crippen molar-refractivity contribution in [2.24, 2.45) is 11.8 Å². The number of carbonyl (C=O) groups excluding carboxylic acids is 3. The summed E-state index contributed by atoms with van der Waals surface area (Å²) in [6, 6.07) is 2.19. The van der Waals surface area contributed by atoms with Crippen LogP contribution in [-0.4, -0.2) is 34.7 Å². The highest BCUT2D eigenvalue weighted by Crippen LogP contribution is 2.38. The van der Waals surface area contributed by atoms with Crippen LogP contribution in [0.1, 0.15) is 51.4 Å². The van der Waals surface area contributed by atoms with Crippen LogP contribution in [0, 0.1) is 23.2 Å². The largest absolute Gasteiger partial charge is 0.336 e. The van der Waals surface area contributed by atoms with E-state index in [-0.39, 0.29) is 30.2 Å². The van der Waals surface area contributed by atoms with E-state index in [1.165, 1.54) is 0 Å². The maximum atomic E-state index is 12.3. The number of nitrogens with zero attached hydrogens (tertiary/aromatic N) is 2.